The molecule has 116 valence electrons. The number of hydrogen-bond acceptors (Lipinski definition) is 4. The van der Waals surface area contributed by atoms with Crippen LogP contribution in [-0.4, -0.2) is 49.7 Å². The Morgan fingerprint density at radius 1 is 1.29 bits per heavy atom. The van der Waals surface area contributed by atoms with E-state index < -0.39 is 0 Å². The van der Waals surface area contributed by atoms with Crippen LogP contribution in [0.2, 0.25) is 0 Å². The third-order valence-corrected chi connectivity index (χ3v) is 3.48. The van der Waals surface area contributed by atoms with E-state index in [0.29, 0.717) is 12.4 Å². The number of carbonyl (C=O) groups excluding carboxylic acids is 1. The summed E-state index contributed by atoms with van der Waals surface area (Å²) in [5.74, 6) is 1.55. The van der Waals surface area contributed by atoms with Gasteiger partial charge in [0.1, 0.15) is 11.5 Å². The van der Waals surface area contributed by atoms with Gasteiger partial charge in [-0.15, -0.1) is 0 Å². The van der Waals surface area contributed by atoms with E-state index in [1.54, 1.807) is 0 Å². The zero-order valence-electron chi connectivity index (χ0n) is 12.8. The van der Waals surface area contributed by atoms with Crippen molar-refractivity contribution in [2.75, 3.05) is 32.8 Å². The fraction of sp³-hybridized carbons (Fsp3) is 0.562. The van der Waals surface area contributed by atoms with Crippen LogP contribution < -0.4 is 14.8 Å². The van der Waals surface area contributed by atoms with Crippen LogP contribution in [0.15, 0.2) is 24.3 Å². The van der Waals surface area contributed by atoms with E-state index >= 15 is 0 Å². The molecule has 5 heteroatoms. The predicted molar refractivity (Wildman–Crippen MR) is 81.8 cm³/mol. The minimum atomic E-state index is 0.0373. The third kappa shape index (κ3) is 4.63. The van der Waals surface area contributed by atoms with Crippen molar-refractivity contribution >= 4 is 5.91 Å². The molecule has 1 saturated heterocycles. The van der Waals surface area contributed by atoms with Crippen molar-refractivity contribution in [1.29, 1.82) is 0 Å². The van der Waals surface area contributed by atoms with Gasteiger partial charge >= 0.3 is 0 Å². The molecule has 0 aliphatic carbocycles. The van der Waals surface area contributed by atoms with Gasteiger partial charge in [0.25, 0.3) is 5.91 Å². The van der Waals surface area contributed by atoms with Gasteiger partial charge in [-0.1, -0.05) is 6.92 Å². The molecule has 1 N–H and O–H groups in total. The number of hydrogen-bond donors (Lipinski definition) is 1. The second-order valence-corrected chi connectivity index (χ2v) is 5.25. The van der Waals surface area contributed by atoms with Gasteiger partial charge in [-0.2, -0.15) is 0 Å². The summed E-state index contributed by atoms with van der Waals surface area (Å²) in [4.78, 5) is 14.0. The van der Waals surface area contributed by atoms with Gasteiger partial charge in [0.05, 0.1) is 6.61 Å². The number of rotatable bonds is 6. The minimum absolute atomic E-state index is 0.0373. The molecule has 1 aliphatic heterocycles. The van der Waals surface area contributed by atoms with Crippen molar-refractivity contribution in [3.63, 3.8) is 0 Å². The number of ether oxygens (including phenoxy) is 2. The number of amides is 1. The first-order valence-corrected chi connectivity index (χ1v) is 7.56. The largest absolute Gasteiger partial charge is 0.494 e. The Kier molecular flexibility index (Phi) is 5.87. The van der Waals surface area contributed by atoms with Gasteiger partial charge in [-0.3, -0.25) is 4.79 Å². The van der Waals surface area contributed by atoms with Gasteiger partial charge in [-0.05, 0) is 37.6 Å². The summed E-state index contributed by atoms with van der Waals surface area (Å²) in [7, 11) is 0. The fourth-order valence-corrected chi connectivity index (χ4v) is 2.29. The van der Waals surface area contributed by atoms with E-state index in [4.69, 9.17) is 9.47 Å². The molecule has 0 radical (unpaired) electrons. The molecule has 1 aromatic rings. The van der Waals surface area contributed by atoms with Crippen LogP contribution in [0.25, 0.3) is 0 Å². The Morgan fingerprint density at radius 3 is 2.57 bits per heavy atom. The molecule has 0 spiro atoms. The zero-order chi connectivity index (χ0) is 15.1. The van der Waals surface area contributed by atoms with Crippen molar-refractivity contribution in [1.82, 2.24) is 10.2 Å². The first-order valence-electron chi connectivity index (χ1n) is 7.56. The van der Waals surface area contributed by atoms with Crippen LogP contribution in [0.3, 0.4) is 0 Å². The quantitative estimate of drug-likeness (QED) is 0.866. The lowest BCUT2D eigenvalue weighted by atomic mass is 10.2. The Balaban J connectivity index is 1.80. The number of carbonyl (C=O) groups is 1. The monoisotopic (exact) mass is 292 g/mol. The Morgan fingerprint density at radius 2 is 1.95 bits per heavy atom. The molecule has 1 unspecified atom stereocenters. The molecule has 1 atom stereocenters. The Labute approximate surface area is 126 Å². The summed E-state index contributed by atoms with van der Waals surface area (Å²) >= 11 is 0. The van der Waals surface area contributed by atoms with Crippen LogP contribution in [0.5, 0.6) is 11.5 Å². The highest BCUT2D eigenvalue weighted by Gasteiger charge is 2.22. The molecule has 1 amide bonds. The molecule has 1 aromatic carbocycles. The number of benzene rings is 1. The number of nitrogens with one attached hydrogen (secondary N) is 1. The second kappa shape index (κ2) is 7.88. The molecule has 0 saturated carbocycles. The summed E-state index contributed by atoms with van der Waals surface area (Å²) in [6, 6.07) is 7.62. The summed E-state index contributed by atoms with van der Waals surface area (Å²) < 4.78 is 11.1. The van der Waals surface area contributed by atoms with Gasteiger partial charge < -0.3 is 19.7 Å². The normalized spacial score (nSPS) is 18.4. The van der Waals surface area contributed by atoms with Crippen molar-refractivity contribution < 1.29 is 14.3 Å². The highest BCUT2D eigenvalue weighted by atomic mass is 16.5. The molecular weight excluding hydrogens is 268 g/mol. The highest BCUT2D eigenvalue weighted by Crippen LogP contribution is 2.18. The predicted octanol–water partition coefficient (Wildman–Crippen LogP) is 1.67. The van der Waals surface area contributed by atoms with Gasteiger partial charge in [-0.25, -0.2) is 0 Å². The van der Waals surface area contributed by atoms with Gasteiger partial charge in [0.15, 0.2) is 6.61 Å². The van der Waals surface area contributed by atoms with Crippen molar-refractivity contribution in [3.05, 3.63) is 24.3 Å². The van der Waals surface area contributed by atoms with Gasteiger partial charge in [0.2, 0.25) is 0 Å². The molecular formula is C16H24N2O3. The topological polar surface area (TPSA) is 50.8 Å². The standard InChI is InChI=1S/C16H24N2O3/c1-3-10-20-14-4-6-15(7-5-14)21-12-16(19)18-9-8-17-11-13(18)2/h4-7,13,17H,3,8-12H2,1-2H3. The summed E-state index contributed by atoms with van der Waals surface area (Å²) in [5.41, 5.74) is 0. The molecule has 21 heavy (non-hydrogen) atoms. The molecule has 2 rings (SSSR count). The second-order valence-electron chi connectivity index (χ2n) is 5.25. The van der Waals surface area contributed by atoms with Crippen LogP contribution in [0, 0.1) is 0 Å². The first kappa shape index (κ1) is 15.6. The van der Waals surface area contributed by atoms with Crippen LogP contribution >= 0.6 is 0 Å². The van der Waals surface area contributed by atoms with E-state index in [-0.39, 0.29) is 18.6 Å². The lowest BCUT2D eigenvalue weighted by Crippen LogP contribution is -2.53. The van der Waals surface area contributed by atoms with E-state index in [1.165, 1.54) is 0 Å². The van der Waals surface area contributed by atoms with E-state index in [9.17, 15) is 4.79 Å². The number of nitrogens with zero attached hydrogens (tertiary/aromatic N) is 1. The molecule has 1 aliphatic rings. The number of piperazine rings is 1. The van der Waals surface area contributed by atoms with Crippen molar-refractivity contribution in [2.45, 2.75) is 26.3 Å². The Bertz CT molecular complexity index is 447. The summed E-state index contributed by atoms with van der Waals surface area (Å²) in [6.45, 7) is 7.34. The average Bonchev–Trinajstić information content (AvgIpc) is 2.52. The van der Waals surface area contributed by atoms with Crippen molar-refractivity contribution in [2.24, 2.45) is 0 Å². The highest BCUT2D eigenvalue weighted by molar-refractivity contribution is 5.78. The van der Waals surface area contributed by atoms with Crippen LogP contribution in [-0.2, 0) is 4.79 Å². The molecule has 0 bridgehead atoms. The maximum Gasteiger partial charge on any atom is 0.260 e. The SMILES string of the molecule is CCCOc1ccc(OCC(=O)N2CCNCC2C)cc1. The maximum absolute atomic E-state index is 12.1. The first-order chi connectivity index (χ1) is 10.2. The molecule has 5 nitrogen and oxygen atoms in total. The lowest BCUT2D eigenvalue weighted by molar-refractivity contribution is -0.136. The summed E-state index contributed by atoms with van der Waals surface area (Å²) in [5, 5.41) is 3.27. The van der Waals surface area contributed by atoms with E-state index in [0.717, 1.165) is 31.8 Å². The smallest absolute Gasteiger partial charge is 0.260 e. The third-order valence-electron chi connectivity index (χ3n) is 3.48. The Hall–Kier alpha value is -1.75. The van der Waals surface area contributed by atoms with E-state index in [1.807, 2.05) is 36.1 Å². The van der Waals surface area contributed by atoms with Crippen molar-refractivity contribution in [3.8, 4) is 11.5 Å². The molecule has 1 fully saturated rings. The molecule has 0 aromatic heterocycles. The fourth-order valence-electron chi connectivity index (χ4n) is 2.29. The van der Waals surface area contributed by atoms with Gasteiger partial charge in [0, 0.05) is 25.7 Å². The molecule has 1 heterocycles. The zero-order valence-corrected chi connectivity index (χ0v) is 12.8. The lowest BCUT2D eigenvalue weighted by Gasteiger charge is -2.33. The average molecular weight is 292 g/mol. The maximum atomic E-state index is 12.1. The summed E-state index contributed by atoms with van der Waals surface area (Å²) in [6.07, 6.45) is 0.982. The van der Waals surface area contributed by atoms with E-state index in [2.05, 4.69) is 12.2 Å². The minimum Gasteiger partial charge on any atom is -0.494 e. The van der Waals surface area contributed by atoms with Crippen LogP contribution in [0.4, 0.5) is 0 Å². The van der Waals surface area contributed by atoms with Crippen LogP contribution in [0.1, 0.15) is 20.3 Å².